The average molecular weight is 496 g/mol. The number of alkyl halides is 3. The zero-order valence-electron chi connectivity index (χ0n) is 21.4. The third kappa shape index (κ3) is 25.7. The van der Waals surface area contributed by atoms with Crippen LogP contribution in [0.4, 0.5) is 13.2 Å². The lowest BCUT2D eigenvalue weighted by Crippen LogP contribution is -2.38. The normalized spacial score (nSPS) is 11.8. The number of halogens is 3. The molecule has 0 saturated carbocycles. The first-order valence-corrected chi connectivity index (χ1v) is 13.7. The van der Waals surface area contributed by atoms with Gasteiger partial charge in [0, 0.05) is 6.54 Å². The molecule has 0 heterocycles. The highest BCUT2D eigenvalue weighted by Crippen LogP contribution is 2.13. The fourth-order valence-corrected chi connectivity index (χ4v) is 3.70. The van der Waals surface area contributed by atoms with Gasteiger partial charge < -0.3 is 27.0 Å². The Morgan fingerprint density at radius 1 is 0.500 bits per heavy atom. The maximum Gasteiger partial charge on any atom is 0.471 e. The van der Waals surface area contributed by atoms with Crippen molar-refractivity contribution in [2.75, 3.05) is 52.4 Å². The van der Waals surface area contributed by atoms with Crippen molar-refractivity contribution in [2.24, 2.45) is 5.73 Å². The van der Waals surface area contributed by atoms with Gasteiger partial charge in [-0.15, -0.1) is 0 Å². The Morgan fingerprint density at radius 2 is 0.824 bits per heavy atom. The zero-order chi connectivity index (χ0) is 25.2. The molecule has 0 aromatic heterocycles. The zero-order valence-corrected chi connectivity index (χ0v) is 21.4. The van der Waals surface area contributed by atoms with E-state index in [1.54, 1.807) is 0 Å². The molecular formula is C25H52F3N5O. The van der Waals surface area contributed by atoms with Crippen LogP contribution >= 0.6 is 0 Å². The molecule has 0 aromatic rings. The SMILES string of the molecule is NCCCCCCNCCCCCCCCNCCCCCCNCCCNC(=O)C(F)(F)F. The summed E-state index contributed by atoms with van der Waals surface area (Å²) in [5, 5.41) is 12.1. The van der Waals surface area contributed by atoms with Crippen molar-refractivity contribution < 1.29 is 18.0 Å². The van der Waals surface area contributed by atoms with Gasteiger partial charge in [-0.2, -0.15) is 13.2 Å². The molecule has 0 unspecified atom stereocenters. The van der Waals surface area contributed by atoms with Crippen molar-refractivity contribution in [3.05, 3.63) is 0 Å². The minimum Gasteiger partial charge on any atom is -0.348 e. The number of rotatable bonds is 26. The fraction of sp³-hybridized carbons (Fsp3) is 0.960. The van der Waals surface area contributed by atoms with Gasteiger partial charge in [0.25, 0.3) is 0 Å². The maximum atomic E-state index is 12.0. The summed E-state index contributed by atoms with van der Waals surface area (Å²) in [7, 11) is 0. The molecule has 6 N–H and O–H groups in total. The molecule has 0 aliphatic heterocycles. The second-order valence-electron chi connectivity index (χ2n) is 9.10. The molecule has 0 aliphatic carbocycles. The van der Waals surface area contributed by atoms with Crippen LogP contribution in [-0.2, 0) is 4.79 Å². The molecule has 0 bridgehead atoms. The first kappa shape index (κ1) is 33.1. The van der Waals surface area contributed by atoms with Gasteiger partial charge in [-0.3, -0.25) is 4.79 Å². The summed E-state index contributed by atoms with van der Waals surface area (Å²) in [4.78, 5) is 10.6. The average Bonchev–Trinajstić information content (AvgIpc) is 2.80. The van der Waals surface area contributed by atoms with E-state index >= 15 is 0 Å². The molecule has 0 saturated heterocycles. The monoisotopic (exact) mass is 495 g/mol. The molecule has 1 amide bonds. The van der Waals surface area contributed by atoms with Crippen LogP contribution in [0, 0.1) is 0 Å². The molecule has 0 atom stereocenters. The van der Waals surface area contributed by atoms with Crippen LogP contribution in [0.2, 0.25) is 0 Å². The van der Waals surface area contributed by atoms with Gasteiger partial charge in [0.15, 0.2) is 0 Å². The van der Waals surface area contributed by atoms with Gasteiger partial charge in [-0.05, 0) is 90.8 Å². The number of hydrogen-bond donors (Lipinski definition) is 5. The number of amides is 1. The number of hydrogen-bond acceptors (Lipinski definition) is 5. The van der Waals surface area contributed by atoms with Crippen molar-refractivity contribution in [3.63, 3.8) is 0 Å². The Balaban J connectivity index is 3.08. The Morgan fingerprint density at radius 3 is 1.18 bits per heavy atom. The summed E-state index contributed by atoms with van der Waals surface area (Å²) >= 11 is 0. The molecule has 0 spiro atoms. The van der Waals surface area contributed by atoms with Crippen molar-refractivity contribution in [2.45, 2.75) is 102 Å². The minimum atomic E-state index is -4.79. The lowest BCUT2D eigenvalue weighted by atomic mass is 10.1. The van der Waals surface area contributed by atoms with Gasteiger partial charge >= 0.3 is 12.1 Å². The minimum absolute atomic E-state index is 0.0467. The highest BCUT2D eigenvalue weighted by atomic mass is 19.4. The molecule has 6 nitrogen and oxygen atoms in total. The fourth-order valence-electron chi connectivity index (χ4n) is 3.70. The Kier molecular flexibility index (Phi) is 24.5. The lowest BCUT2D eigenvalue weighted by molar-refractivity contribution is -0.173. The first-order chi connectivity index (χ1) is 16.5. The predicted molar refractivity (Wildman–Crippen MR) is 136 cm³/mol. The van der Waals surface area contributed by atoms with Gasteiger partial charge in [-0.1, -0.05) is 51.4 Å². The van der Waals surface area contributed by atoms with E-state index in [0.717, 1.165) is 58.5 Å². The van der Waals surface area contributed by atoms with Crippen LogP contribution in [0.5, 0.6) is 0 Å². The van der Waals surface area contributed by atoms with Gasteiger partial charge in [0.2, 0.25) is 0 Å². The van der Waals surface area contributed by atoms with E-state index in [4.69, 9.17) is 5.73 Å². The Bertz CT molecular complexity index is 439. The molecule has 0 rings (SSSR count). The van der Waals surface area contributed by atoms with E-state index in [1.807, 2.05) is 5.32 Å². The lowest BCUT2D eigenvalue weighted by Gasteiger charge is -2.08. The van der Waals surface area contributed by atoms with Crippen molar-refractivity contribution in [1.29, 1.82) is 0 Å². The van der Waals surface area contributed by atoms with Gasteiger partial charge in [0.1, 0.15) is 0 Å². The third-order valence-corrected chi connectivity index (χ3v) is 5.80. The molecule has 0 aromatic carbocycles. The summed E-state index contributed by atoms with van der Waals surface area (Å²) < 4.78 is 36.0. The number of carbonyl (C=O) groups excluding carboxylic acids is 1. The van der Waals surface area contributed by atoms with Crippen LogP contribution < -0.4 is 27.0 Å². The smallest absolute Gasteiger partial charge is 0.348 e. The number of nitrogens with two attached hydrogens (primary N) is 1. The molecular weight excluding hydrogens is 443 g/mol. The van der Waals surface area contributed by atoms with E-state index in [2.05, 4.69) is 16.0 Å². The van der Waals surface area contributed by atoms with E-state index < -0.39 is 12.1 Å². The second kappa shape index (κ2) is 25.2. The van der Waals surface area contributed by atoms with Crippen LogP contribution in [-0.4, -0.2) is 64.4 Å². The molecule has 204 valence electrons. The summed E-state index contributed by atoms with van der Waals surface area (Å²) in [5.41, 5.74) is 5.49. The topological polar surface area (TPSA) is 91.2 Å². The van der Waals surface area contributed by atoms with E-state index in [1.165, 1.54) is 70.6 Å². The van der Waals surface area contributed by atoms with Gasteiger partial charge in [0.05, 0.1) is 0 Å². The van der Waals surface area contributed by atoms with E-state index in [0.29, 0.717) is 13.0 Å². The third-order valence-electron chi connectivity index (χ3n) is 5.80. The highest BCUT2D eigenvalue weighted by Gasteiger charge is 2.38. The quantitative estimate of drug-likeness (QED) is 0.116. The summed E-state index contributed by atoms with van der Waals surface area (Å²) in [6.07, 6.45) is 13.2. The summed E-state index contributed by atoms with van der Waals surface area (Å²) in [6.45, 7) is 6.83. The number of unbranched alkanes of at least 4 members (excludes halogenated alkanes) is 11. The Hall–Kier alpha value is -0.900. The maximum absolute atomic E-state index is 12.0. The van der Waals surface area contributed by atoms with Gasteiger partial charge in [-0.25, -0.2) is 0 Å². The van der Waals surface area contributed by atoms with Crippen LogP contribution in [0.1, 0.15) is 96.3 Å². The van der Waals surface area contributed by atoms with Crippen LogP contribution in [0.15, 0.2) is 0 Å². The van der Waals surface area contributed by atoms with Crippen molar-refractivity contribution in [3.8, 4) is 0 Å². The highest BCUT2D eigenvalue weighted by molar-refractivity contribution is 5.81. The molecule has 9 heteroatoms. The summed E-state index contributed by atoms with van der Waals surface area (Å²) in [5.74, 6) is -1.86. The summed E-state index contributed by atoms with van der Waals surface area (Å²) in [6, 6.07) is 0. The molecule has 34 heavy (non-hydrogen) atoms. The van der Waals surface area contributed by atoms with E-state index in [9.17, 15) is 18.0 Å². The first-order valence-electron chi connectivity index (χ1n) is 13.7. The van der Waals surface area contributed by atoms with Crippen LogP contribution in [0.25, 0.3) is 0 Å². The van der Waals surface area contributed by atoms with Crippen molar-refractivity contribution >= 4 is 5.91 Å². The van der Waals surface area contributed by atoms with Crippen LogP contribution in [0.3, 0.4) is 0 Å². The molecule has 0 aliphatic rings. The molecule has 0 fully saturated rings. The second-order valence-corrected chi connectivity index (χ2v) is 9.10. The number of nitrogens with one attached hydrogen (secondary N) is 4. The standard InChI is InChI=1S/C25H52F3N5O/c26-25(27,28)24(34)33-23-15-22-32-21-14-8-7-13-20-31-18-11-5-2-1-4-10-17-30-19-12-6-3-9-16-29/h30-32H,1-23,29H2,(H,33,34). The van der Waals surface area contributed by atoms with E-state index in [-0.39, 0.29) is 6.54 Å². The van der Waals surface area contributed by atoms with Crippen molar-refractivity contribution in [1.82, 2.24) is 21.3 Å². The Labute approximate surface area is 206 Å². The number of carbonyl (C=O) groups is 1. The largest absolute Gasteiger partial charge is 0.471 e. The molecule has 0 radical (unpaired) electrons. The predicted octanol–water partition coefficient (Wildman–Crippen LogP) is 4.24.